The number of fused-ring (bicyclic) bond motifs is 1. The first-order valence-corrected chi connectivity index (χ1v) is 10.8. The molecule has 33 heavy (non-hydrogen) atoms. The van der Waals surface area contributed by atoms with Crippen LogP contribution in [0.5, 0.6) is 5.75 Å². The quantitative estimate of drug-likeness (QED) is 0.313. The normalized spacial score (nSPS) is 12.3. The Morgan fingerprint density at radius 3 is 2.45 bits per heavy atom. The zero-order chi connectivity index (χ0) is 24.3. The van der Waals surface area contributed by atoms with Crippen molar-refractivity contribution in [1.29, 1.82) is 0 Å². The van der Waals surface area contributed by atoms with Gasteiger partial charge in [0, 0.05) is 23.4 Å². The van der Waals surface area contributed by atoms with E-state index in [1.54, 1.807) is 26.8 Å². The topological polar surface area (TPSA) is 94.8 Å². The lowest BCUT2D eigenvalue weighted by molar-refractivity contribution is -0.136. The van der Waals surface area contributed by atoms with Gasteiger partial charge in [-0.15, -0.1) is 0 Å². The maximum Gasteiger partial charge on any atom is 0.408 e. The van der Waals surface area contributed by atoms with Crippen LogP contribution in [-0.4, -0.2) is 23.7 Å². The average Bonchev–Trinajstić information content (AvgIpc) is 2.71. The molecule has 0 aliphatic heterocycles. The van der Waals surface area contributed by atoms with Gasteiger partial charge in [0.15, 0.2) is 5.75 Å². The Kier molecular flexibility index (Phi) is 7.12. The standard InChI is InChI=1S/C25H26ClNO6/c1-14-17-12-19(26)21(32-22(28)15(2)27-24(30)33-25(3,4)5)13-20(17)31-23(29)18(14)11-16-9-7-6-8-10-16/h6-10,12-13,15H,11H2,1-5H3,(H,27,30)/t15-/m0/s1. The van der Waals surface area contributed by atoms with Gasteiger partial charge in [-0.25, -0.2) is 14.4 Å². The predicted molar refractivity (Wildman–Crippen MR) is 126 cm³/mol. The molecule has 3 aromatic rings. The monoisotopic (exact) mass is 471 g/mol. The van der Waals surface area contributed by atoms with E-state index >= 15 is 0 Å². The fraction of sp³-hybridized carbons (Fsp3) is 0.320. The van der Waals surface area contributed by atoms with Gasteiger partial charge in [0.1, 0.15) is 17.2 Å². The molecule has 3 rings (SSSR count). The summed E-state index contributed by atoms with van der Waals surface area (Å²) in [6.45, 7) is 8.43. The number of esters is 1. The third-order valence-corrected chi connectivity index (χ3v) is 5.16. The van der Waals surface area contributed by atoms with Crippen molar-refractivity contribution in [3.63, 3.8) is 0 Å². The molecule has 8 heteroatoms. The molecule has 0 aliphatic carbocycles. The van der Waals surface area contributed by atoms with Crippen LogP contribution >= 0.6 is 11.6 Å². The van der Waals surface area contributed by atoms with E-state index in [2.05, 4.69) is 5.32 Å². The number of aryl methyl sites for hydroxylation is 1. The highest BCUT2D eigenvalue weighted by Crippen LogP contribution is 2.32. The predicted octanol–water partition coefficient (Wildman–Crippen LogP) is 5.16. The highest BCUT2D eigenvalue weighted by molar-refractivity contribution is 6.33. The number of halogens is 1. The van der Waals surface area contributed by atoms with Crippen LogP contribution in [0.4, 0.5) is 4.79 Å². The van der Waals surface area contributed by atoms with Gasteiger partial charge < -0.3 is 19.2 Å². The summed E-state index contributed by atoms with van der Waals surface area (Å²) in [7, 11) is 0. The molecule has 0 unspecified atom stereocenters. The minimum absolute atomic E-state index is 0.0189. The molecule has 0 radical (unpaired) electrons. The molecule has 0 fully saturated rings. The van der Waals surface area contributed by atoms with E-state index in [4.69, 9.17) is 25.5 Å². The van der Waals surface area contributed by atoms with Gasteiger partial charge in [-0.2, -0.15) is 0 Å². The number of rotatable bonds is 5. The lowest BCUT2D eigenvalue weighted by atomic mass is 9.99. The van der Waals surface area contributed by atoms with Gasteiger partial charge in [0.05, 0.1) is 5.02 Å². The lowest BCUT2D eigenvalue weighted by Crippen LogP contribution is -2.43. The number of benzene rings is 2. The maximum absolute atomic E-state index is 12.7. The van der Waals surface area contributed by atoms with Gasteiger partial charge >= 0.3 is 17.7 Å². The minimum atomic E-state index is -0.992. The van der Waals surface area contributed by atoms with Gasteiger partial charge in [-0.3, -0.25) is 0 Å². The van der Waals surface area contributed by atoms with Crippen molar-refractivity contribution in [3.05, 3.63) is 74.6 Å². The van der Waals surface area contributed by atoms with Gasteiger partial charge in [0.2, 0.25) is 0 Å². The summed E-state index contributed by atoms with van der Waals surface area (Å²) in [5.41, 5.74) is 1.33. The smallest absolute Gasteiger partial charge is 0.408 e. The Labute approximate surface area is 196 Å². The fourth-order valence-corrected chi connectivity index (χ4v) is 3.41. The zero-order valence-corrected chi connectivity index (χ0v) is 19.9. The van der Waals surface area contributed by atoms with E-state index in [0.29, 0.717) is 17.4 Å². The van der Waals surface area contributed by atoms with Gasteiger partial charge in [-0.05, 0) is 51.8 Å². The first kappa shape index (κ1) is 24.3. The lowest BCUT2D eigenvalue weighted by Gasteiger charge is -2.21. The zero-order valence-electron chi connectivity index (χ0n) is 19.2. The number of nitrogens with one attached hydrogen (secondary N) is 1. The highest BCUT2D eigenvalue weighted by Gasteiger charge is 2.23. The van der Waals surface area contributed by atoms with Crippen molar-refractivity contribution in [3.8, 4) is 5.75 Å². The van der Waals surface area contributed by atoms with E-state index in [1.165, 1.54) is 13.0 Å². The summed E-state index contributed by atoms with van der Waals surface area (Å²) in [5.74, 6) is -0.729. The molecule has 7 nitrogen and oxygen atoms in total. The molecule has 0 saturated heterocycles. The largest absolute Gasteiger partial charge is 0.444 e. The highest BCUT2D eigenvalue weighted by atomic mass is 35.5. The Balaban J connectivity index is 1.83. The number of hydrogen-bond donors (Lipinski definition) is 1. The molecular weight excluding hydrogens is 446 g/mol. The third kappa shape index (κ3) is 6.14. The molecule has 0 bridgehead atoms. The molecule has 1 aromatic heterocycles. The second-order valence-electron chi connectivity index (χ2n) is 8.72. The van der Waals surface area contributed by atoms with Crippen LogP contribution in [0.15, 0.2) is 51.7 Å². The second-order valence-corrected chi connectivity index (χ2v) is 9.13. The van der Waals surface area contributed by atoms with Crippen LogP contribution in [0, 0.1) is 6.92 Å². The van der Waals surface area contributed by atoms with Crippen molar-refractivity contribution < 1.29 is 23.5 Å². The molecule has 2 aromatic carbocycles. The van der Waals surface area contributed by atoms with Crippen LogP contribution < -0.4 is 15.7 Å². The van der Waals surface area contributed by atoms with E-state index < -0.39 is 29.3 Å². The summed E-state index contributed by atoms with van der Waals surface area (Å²) in [6.07, 6.45) is -0.322. The fourth-order valence-electron chi connectivity index (χ4n) is 3.21. The van der Waals surface area contributed by atoms with Crippen LogP contribution in [0.2, 0.25) is 5.02 Å². The van der Waals surface area contributed by atoms with Crippen LogP contribution in [0.25, 0.3) is 11.0 Å². The number of amides is 1. The van der Waals surface area contributed by atoms with Crippen molar-refractivity contribution in [2.45, 2.75) is 52.7 Å². The Hall–Kier alpha value is -3.32. The van der Waals surface area contributed by atoms with E-state index in [9.17, 15) is 14.4 Å². The molecule has 0 saturated carbocycles. The Morgan fingerprint density at radius 2 is 1.82 bits per heavy atom. The molecule has 1 atom stereocenters. The Morgan fingerprint density at radius 1 is 1.15 bits per heavy atom. The molecule has 0 aliphatic rings. The van der Waals surface area contributed by atoms with Crippen LogP contribution in [0.3, 0.4) is 0 Å². The van der Waals surface area contributed by atoms with Crippen molar-refractivity contribution in [2.75, 3.05) is 0 Å². The number of carbonyl (C=O) groups is 2. The number of ether oxygens (including phenoxy) is 2. The Bertz CT molecular complexity index is 1240. The summed E-state index contributed by atoms with van der Waals surface area (Å²) in [4.78, 5) is 37.0. The summed E-state index contributed by atoms with van der Waals surface area (Å²) in [5, 5.41) is 3.22. The molecule has 1 amide bonds. The van der Waals surface area contributed by atoms with Crippen LogP contribution in [-0.2, 0) is 16.0 Å². The molecule has 0 spiro atoms. The van der Waals surface area contributed by atoms with Crippen molar-refractivity contribution >= 4 is 34.6 Å². The molecule has 1 N–H and O–H groups in total. The first-order valence-electron chi connectivity index (χ1n) is 10.5. The minimum Gasteiger partial charge on any atom is -0.444 e. The second kappa shape index (κ2) is 9.67. The average molecular weight is 472 g/mol. The molecule has 1 heterocycles. The number of hydrogen-bond acceptors (Lipinski definition) is 6. The maximum atomic E-state index is 12.7. The van der Waals surface area contributed by atoms with Crippen molar-refractivity contribution in [2.24, 2.45) is 0 Å². The van der Waals surface area contributed by atoms with Crippen LogP contribution in [0.1, 0.15) is 44.4 Å². The number of alkyl carbamates (subject to hydrolysis) is 1. The third-order valence-electron chi connectivity index (χ3n) is 4.86. The van der Waals surface area contributed by atoms with Gasteiger partial charge in [0.25, 0.3) is 0 Å². The summed E-state index contributed by atoms with van der Waals surface area (Å²) < 4.78 is 16.0. The summed E-state index contributed by atoms with van der Waals surface area (Å²) >= 11 is 6.36. The SMILES string of the molecule is Cc1c(Cc2ccccc2)c(=O)oc2cc(OC(=O)[C@H](C)NC(=O)OC(C)(C)C)c(Cl)cc12. The van der Waals surface area contributed by atoms with Crippen molar-refractivity contribution in [1.82, 2.24) is 5.32 Å². The van der Waals surface area contributed by atoms with E-state index in [-0.39, 0.29) is 16.4 Å². The van der Waals surface area contributed by atoms with Gasteiger partial charge in [-0.1, -0.05) is 41.9 Å². The van der Waals surface area contributed by atoms with E-state index in [0.717, 1.165) is 11.1 Å². The van der Waals surface area contributed by atoms with E-state index in [1.807, 2.05) is 37.3 Å². The molecular formula is C25H26ClNO6. The first-order chi connectivity index (χ1) is 15.4. The summed E-state index contributed by atoms with van der Waals surface area (Å²) in [6, 6.07) is 11.6. The molecule has 174 valence electrons. The number of carbonyl (C=O) groups excluding carboxylic acids is 2.